The Kier molecular flexibility index (Phi) is 2.17. The molecule has 5 heteroatoms. The van der Waals surface area contributed by atoms with Crippen LogP contribution in [-0.4, -0.2) is 14.8 Å². The third-order valence-electron chi connectivity index (χ3n) is 1.56. The zero-order chi connectivity index (χ0) is 9.26. The van der Waals surface area contributed by atoms with Crippen molar-refractivity contribution in [1.82, 2.24) is 14.8 Å². The Balaban J connectivity index is 2.41. The van der Waals surface area contributed by atoms with Crippen LogP contribution in [-0.2, 0) is 0 Å². The van der Waals surface area contributed by atoms with Gasteiger partial charge in [-0.3, -0.25) is 0 Å². The van der Waals surface area contributed by atoms with Crippen LogP contribution in [0.3, 0.4) is 0 Å². The molecule has 2 rings (SSSR count). The van der Waals surface area contributed by atoms with Crippen LogP contribution in [0.1, 0.15) is 0 Å². The lowest BCUT2D eigenvalue weighted by Crippen LogP contribution is -1.97. The molecule has 0 aromatic carbocycles. The van der Waals surface area contributed by atoms with Gasteiger partial charge in [0.1, 0.15) is 0 Å². The monoisotopic (exact) mass is 286 g/mol. The van der Waals surface area contributed by atoms with Gasteiger partial charge in [-0.25, -0.2) is 9.67 Å². The molecule has 0 aliphatic heterocycles. The minimum absolute atomic E-state index is 0.658. The van der Waals surface area contributed by atoms with E-state index in [1.54, 1.807) is 23.1 Å². The van der Waals surface area contributed by atoms with Crippen molar-refractivity contribution in [3.8, 4) is 5.82 Å². The van der Waals surface area contributed by atoms with E-state index in [4.69, 9.17) is 5.73 Å². The topological polar surface area (TPSA) is 56.7 Å². The number of halogens is 1. The Bertz CT molecular complexity index is 406. The second-order valence-corrected chi connectivity index (χ2v) is 3.80. The molecule has 0 aliphatic rings. The molecule has 0 amide bonds. The Hall–Kier alpha value is -1.11. The number of anilines is 1. The van der Waals surface area contributed by atoms with Crippen LogP contribution in [0.5, 0.6) is 0 Å². The highest BCUT2D eigenvalue weighted by Crippen LogP contribution is 2.08. The summed E-state index contributed by atoms with van der Waals surface area (Å²) < 4.78 is 2.79. The molecule has 0 unspecified atom stereocenters. The average Bonchev–Trinajstić information content (AvgIpc) is 2.53. The Morgan fingerprint density at radius 1 is 1.31 bits per heavy atom. The number of nitrogens with zero attached hydrogens (tertiary/aromatic N) is 3. The van der Waals surface area contributed by atoms with Crippen LogP contribution in [0.4, 0.5) is 5.69 Å². The average molecular weight is 286 g/mol. The molecule has 2 aromatic rings. The molecule has 0 radical (unpaired) electrons. The summed E-state index contributed by atoms with van der Waals surface area (Å²) in [6.45, 7) is 0. The Morgan fingerprint density at radius 2 is 2.15 bits per heavy atom. The second-order valence-electron chi connectivity index (χ2n) is 2.55. The van der Waals surface area contributed by atoms with Crippen molar-refractivity contribution >= 4 is 28.3 Å². The van der Waals surface area contributed by atoms with Crippen molar-refractivity contribution in [2.75, 3.05) is 5.73 Å². The summed E-state index contributed by atoms with van der Waals surface area (Å²) in [5.41, 5.74) is 6.17. The number of aromatic nitrogens is 3. The molecule has 0 aliphatic carbocycles. The molecular formula is C8H7IN4. The molecule has 0 spiro atoms. The van der Waals surface area contributed by atoms with Gasteiger partial charge in [0.25, 0.3) is 0 Å². The first-order chi connectivity index (χ1) is 6.25. The van der Waals surface area contributed by atoms with Crippen molar-refractivity contribution in [3.63, 3.8) is 0 Å². The molecule has 0 saturated carbocycles. The van der Waals surface area contributed by atoms with Gasteiger partial charge in [0.2, 0.25) is 0 Å². The standard InChI is InChI=1S/C8H7IN4/c9-6-3-12-13(5-6)8-2-1-7(10)4-11-8/h1-5H,10H2. The predicted molar refractivity (Wildman–Crippen MR) is 58.5 cm³/mol. The zero-order valence-corrected chi connectivity index (χ0v) is 8.84. The maximum absolute atomic E-state index is 5.52. The molecule has 13 heavy (non-hydrogen) atoms. The quantitative estimate of drug-likeness (QED) is 0.807. The maximum atomic E-state index is 5.52. The van der Waals surface area contributed by atoms with E-state index >= 15 is 0 Å². The van der Waals surface area contributed by atoms with Crippen molar-refractivity contribution in [3.05, 3.63) is 34.3 Å². The van der Waals surface area contributed by atoms with E-state index in [9.17, 15) is 0 Å². The summed E-state index contributed by atoms with van der Waals surface area (Å²) in [6, 6.07) is 3.63. The minimum Gasteiger partial charge on any atom is -0.397 e. The Labute approximate surface area is 88.9 Å². The largest absolute Gasteiger partial charge is 0.397 e. The van der Waals surface area contributed by atoms with E-state index < -0.39 is 0 Å². The zero-order valence-electron chi connectivity index (χ0n) is 6.68. The fraction of sp³-hybridized carbons (Fsp3) is 0. The summed E-state index contributed by atoms with van der Waals surface area (Å²) in [5, 5.41) is 4.12. The molecule has 66 valence electrons. The molecule has 2 aromatic heterocycles. The highest BCUT2D eigenvalue weighted by Gasteiger charge is 1.98. The summed E-state index contributed by atoms with van der Waals surface area (Å²) >= 11 is 2.20. The van der Waals surface area contributed by atoms with E-state index in [1.807, 2.05) is 12.3 Å². The molecule has 0 fully saturated rings. The van der Waals surface area contributed by atoms with Gasteiger partial charge in [0.15, 0.2) is 5.82 Å². The van der Waals surface area contributed by atoms with Gasteiger partial charge < -0.3 is 5.73 Å². The summed E-state index contributed by atoms with van der Waals surface area (Å²) in [5.74, 6) is 0.775. The van der Waals surface area contributed by atoms with Crippen LogP contribution in [0.15, 0.2) is 30.7 Å². The van der Waals surface area contributed by atoms with Crippen LogP contribution in [0, 0.1) is 3.57 Å². The number of hydrogen-bond acceptors (Lipinski definition) is 3. The number of rotatable bonds is 1. The van der Waals surface area contributed by atoms with Gasteiger partial charge in [0, 0.05) is 6.20 Å². The number of pyridine rings is 1. The Morgan fingerprint density at radius 3 is 2.69 bits per heavy atom. The normalized spacial score (nSPS) is 10.2. The van der Waals surface area contributed by atoms with Crippen molar-refractivity contribution in [1.29, 1.82) is 0 Å². The van der Waals surface area contributed by atoms with Crippen LogP contribution in [0.25, 0.3) is 5.82 Å². The summed E-state index contributed by atoms with van der Waals surface area (Å²) in [4.78, 5) is 4.13. The van der Waals surface area contributed by atoms with Gasteiger partial charge in [-0.05, 0) is 34.7 Å². The lowest BCUT2D eigenvalue weighted by atomic mass is 10.4. The van der Waals surface area contributed by atoms with E-state index in [0.29, 0.717) is 5.69 Å². The molecule has 0 atom stereocenters. The van der Waals surface area contributed by atoms with E-state index in [0.717, 1.165) is 9.39 Å². The molecule has 0 bridgehead atoms. The van der Waals surface area contributed by atoms with Crippen molar-refractivity contribution < 1.29 is 0 Å². The van der Waals surface area contributed by atoms with Crippen LogP contribution in [0.2, 0.25) is 0 Å². The van der Waals surface area contributed by atoms with E-state index in [-0.39, 0.29) is 0 Å². The highest BCUT2D eigenvalue weighted by atomic mass is 127. The first kappa shape index (κ1) is 8.49. The third-order valence-corrected chi connectivity index (χ3v) is 2.11. The van der Waals surface area contributed by atoms with Gasteiger partial charge >= 0.3 is 0 Å². The van der Waals surface area contributed by atoms with Crippen molar-refractivity contribution in [2.45, 2.75) is 0 Å². The fourth-order valence-electron chi connectivity index (χ4n) is 0.959. The lowest BCUT2D eigenvalue weighted by molar-refractivity contribution is 0.847. The molecule has 2 heterocycles. The number of hydrogen-bond donors (Lipinski definition) is 1. The van der Waals surface area contributed by atoms with Gasteiger partial charge in [0.05, 0.1) is 21.7 Å². The minimum atomic E-state index is 0.658. The SMILES string of the molecule is Nc1ccc(-n2cc(I)cn2)nc1. The van der Waals surface area contributed by atoms with Crippen molar-refractivity contribution in [2.24, 2.45) is 0 Å². The van der Waals surface area contributed by atoms with E-state index in [2.05, 4.69) is 32.7 Å². The maximum Gasteiger partial charge on any atom is 0.153 e. The van der Waals surface area contributed by atoms with Gasteiger partial charge in [-0.2, -0.15) is 5.10 Å². The lowest BCUT2D eigenvalue weighted by Gasteiger charge is -1.98. The van der Waals surface area contributed by atoms with E-state index in [1.165, 1.54) is 0 Å². The van der Waals surface area contributed by atoms with Crippen LogP contribution >= 0.6 is 22.6 Å². The second kappa shape index (κ2) is 3.33. The molecular weight excluding hydrogens is 279 g/mol. The highest BCUT2D eigenvalue weighted by molar-refractivity contribution is 14.1. The molecule has 2 N–H and O–H groups in total. The number of nitrogen functional groups attached to an aromatic ring is 1. The van der Waals surface area contributed by atoms with Gasteiger partial charge in [-0.1, -0.05) is 0 Å². The smallest absolute Gasteiger partial charge is 0.153 e. The van der Waals surface area contributed by atoms with Crippen LogP contribution < -0.4 is 5.73 Å². The summed E-state index contributed by atoms with van der Waals surface area (Å²) in [6.07, 6.45) is 5.29. The third kappa shape index (κ3) is 1.80. The first-order valence-electron chi connectivity index (χ1n) is 3.68. The summed E-state index contributed by atoms with van der Waals surface area (Å²) in [7, 11) is 0. The first-order valence-corrected chi connectivity index (χ1v) is 4.75. The van der Waals surface area contributed by atoms with Gasteiger partial charge in [-0.15, -0.1) is 0 Å². The predicted octanol–water partition coefficient (Wildman–Crippen LogP) is 1.45. The fourth-order valence-corrected chi connectivity index (χ4v) is 1.35. The molecule has 4 nitrogen and oxygen atoms in total. The number of nitrogens with two attached hydrogens (primary N) is 1. The molecule has 0 saturated heterocycles.